The summed E-state index contributed by atoms with van der Waals surface area (Å²) in [7, 11) is 0. The summed E-state index contributed by atoms with van der Waals surface area (Å²) >= 11 is 1.80. The van der Waals surface area contributed by atoms with E-state index in [2.05, 4.69) is 121 Å². The molecule has 0 bridgehead atoms. The van der Waals surface area contributed by atoms with E-state index in [1.165, 1.54) is 69.7 Å². The van der Waals surface area contributed by atoms with E-state index in [1.807, 2.05) is 43.2 Å². The van der Waals surface area contributed by atoms with Crippen LogP contribution in [0.15, 0.2) is 140 Å². The highest BCUT2D eigenvalue weighted by Crippen LogP contribution is 2.39. The van der Waals surface area contributed by atoms with Crippen molar-refractivity contribution in [2.24, 2.45) is 0 Å². The molecule has 0 N–H and O–H groups in total. The van der Waals surface area contributed by atoms with Gasteiger partial charge in [0, 0.05) is 73.7 Å². The van der Waals surface area contributed by atoms with Crippen LogP contribution in [0.5, 0.6) is 0 Å². The Hall–Kier alpha value is -5.85. The van der Waals surface area contributed by atoms with Gasteiger partial charge in [0.2, 0.25) is 0 Å². The molecule has 216 valence electrons. The number of para-hydroxylation sites is 2. The minimum Gasteiger partial charge on any atom is -0.309 e. The summed E-state index contributed by atoms with van der Waals surface area (Å²) in [5.74, 6) is 0. The number of pyridine rings is 3. The Morgan fingerprint density at radius 3 is 2.28 bits per heavy atom. The van der Waals surface area contributed by atoms with Crippen molar-refractivity contribution in [3.05, 3.63) is 151 Å². The molecule has 10 rings (SSSR count). The van der Waals surface area contributed by atoms with Crippen LogP contribution in [-0.4, -0.2) is 24.1 Å². The molecule has 0 aliphatic carbocycles. The minimum atomic E-state index is 0.803. The topological polar surface area (TPSA) is 48.5 Å². The van der Waals surface area contributed by atoms with Gasteiger partial charge in [-0.2, -0.15) is 0 Å². The van der Waals surface area contributed by atoms with Crippen molar-refractivity contribution in [1.82, 2.24) is 24.1 Å². The summed E-state index contributed by atoms with van der Waals surface area (Å²) in [6.45, 7) is 0. The van der Waals surface area contributed by atoms with Gasteiger partial charge in [0.05, 0.1) is 38.7 Å². The Morgan fingerprint density at radius 1 is 0.478 bits per heavy atom. The van der Waals surface area contributed by atoms with E-state index in [4.69, 9.17) is 0 Å². The number of nitrogens with zero attached hydrogens (tertiary/aromatic N) is 5. The van der Waals surface area contributed by atoms with Gasteiger partial charge in [0.25, 0.3) is 0 Å². The maximum Gasteiger partial charge on any atom is 0.0645 e. The smallest absolute Gasteiger partial charge is 0.0645 e. The maximum absolute atomic E-state index is 4.47. The van der Waals surface area contributed by atoms with Crippen molar-refractivity contribution in [3.63, 3.8) is 0 Å². The summed E-state index contributed by atoms with van der Waals surface area (Å²) in [6, 6.07) is 37.5. The third-order valence-electron chi connectivity index (χ3n) is 9.22. The van der Waals surface area contributed by atoms with Crippen LogP contribution in [-0.2, 0) is 6.42 Å². The molecular formula is C40H25N5S. The lowest BCUT2D eigenvalue weighted by atomic mass is 10.00. The number of hydrogen-bond donors (Lipinski definition) is 0. The molecule has 0 amide bonds. The Kier molecular flexibility index (Phi) is 5.44. The van der Waals surface area contributed by atoms with Gasteiger partial charge in [0.15, 0.2) is 0 Å². The molecule has 6 aromatic heterocycles. The van der Waals surface area contributed by atoms with Crippen LogP contribution in [0.3, 0.4) is 0 Å². The lowest BCUT2D eigenvalue weighted by Gasteiger charge is -2.12. The van der Waals surface area contributed by atoms with Crippen LogP contribution >= 0.6 is 11.3 Å². The van der Waals surface area contributed by atoms with Gasteiger partial charge in [-0.25, -0.2) is 0 Å². The molecule has 6 heterocycles. The fourth-order valence-electron chi connectivity index (χ4n) is 7.27. The first-order chi connectivity index (χ1) is 22.8. The number of rotatable bonds is 4. The van der Waals surface area contributed by atoms with Crippen molar-refractivity contribution in [2.45, 2.75) is 6.42 Å². The fraction of sp³-hybridized carbons (Fsp3) is 0.0250. The summed E-state index contributed by atoms with van der Waals surface area (Å²) in [5, 5.41) is 7.40. The first-order valence-electron chi connectivity index (χ1n) is 15.4. The molecule has 0 radical (unpaired) electrons. The van der Waals surface area contributed by atoms with E-state index in [1.54, 1.807) is 11.3 Å². The van der Waals surface area contributed by atoms with Crippen molar-refractivity contribution < 1.29 is 0 Å². The Labute approximate surface area is 267 Å². The number of fused-ring (bicyclic) bond motifs is 9. The second-order valence-corrected chi connectivity index (χ2v) is 12.9. The van der Waals surface area contributed by atoms with Crippen molar-refractivity contribution in [1.29, 1.82) is 0 Å². The first-order valence-corrected chi connectivity index (χ1v) is 16.2. The molecule has 0 unspecified atom stereocenters. The molecule has 0 fully saturated rings. The van der Waals surface area contributed by atoms with E-state index < -0.39 is 0 Å². The number of thiophene rings is 1. The third-order valence-corrected chi connectivity index (χ3v) is 10.3. The largest absolute Gasteiger partial charge is 0.309 e. The average molecular weight is 608 g/mol. The van der Waals surface area contributed by atoms with Crippen LogP contribution in [0.25, 0.3) is 75.2 Å². The van der Waals surface area contributed by atoms with Crippen LogP contribution in [0.2, 0.25) is 0 Å². The van der Waals surface area contributed by atoms with E-state index in [-0.39, 0.29) is 0 Å². The highest BCUT2D eigenvalue weighted by Gasteiger charge is 2.18. The maximum atomic E-state index is 4.47. The summed E-state index contributed by atoms with van der Waals surface area (Å²) in [6.07, 6.45) is 12.3. The van der Waals surface area contributed by atoms with Gasteiger partial charge in [0.1, 0.15) is 0 Å². The van der Waals surface area contributed by atoms with Gasteiger partial charge >= 0.3 is 0 Å². The number of benzene rings is 4. The molecule has 6 heteroatoms. The monoisotopic (exact) mass is 607 g/mol. The average Bonchev–Trinajstić information content (AvgIpc) is 3.76. The van der Waals surface area contributed by atoms with Gasteiger partial charge in [-0.05, 0) is 78.2 Å². The fourth-order valence-corrected chi connectivity index (χ4v) is 8.32. The van der Waals surface area contributed by atoms with Crippen LogP contribution in [0.4, 0.5) is 0 Å². The van der Waals surface area contributed by atoms with E-state index in [0.29, 0.717) is 0 Å². The number of hydrogen-bond acceptors (Lipinski definition) is 4. The van der Waals surface area contributed by atoms with Gasteiger partial charge in [-0.3, -0.25) is 15.0 Å². The molecule has 0 aliphatic rings. The van der Waals surface area contributed by atoms with Crippen molar-refractivity contribution in [2.75, 3.05) is 0 Å². The molecule has 5 nitrogen and oxygen atoms in total. The van der Waals surface area contributed by atoms with Gasteiger partial charge in [-0.1, -0.05) is 42.5 Å². The summed E-state index contributed by atoms with van der Waals surface area (Å²) < 4.78 is 7.24. The molecule has 0 aliphatic heterocycles. The van der Waals surface area contributed by atoms with Crippen LogP contribution in [0, 0.1) is 0 Å². The molecule has 0 atom stereocenters. The van der Waals surface area contributed by atoms with Gasteiger partial charge in [-0.15, -0.1) is 11.3 Å². The molecule has 10 aromatic rings. The zero-order valence-electron chi connectivity index (χ0n) is 24.6. The Bertz CT molecular complexity index is 2790. The zero-order valence-corrected chi connectivity index (χ0v) is 25.4. The Morgan fingerprint density at radius 2 is 1.33 bits per heavy atom. The van der Waals surface area contributed by atoms with Crippen LogP contribution < -0.4 is 0 Å². The zero-order chi connectivity index (χ0) is 30.2. The van der Waals surface area contributed by atoms with E-state index in [0.717, 1.165) is 23.0 Å². The molecule has 46 heavy (non-hydrogen) atoms. The van der Waals surface area contributed by atoms with Crippen molar-refractivity contribution in [3.8, 4) is 11.4 Å². The molecule has 4 aromatic carbocycles. The predicted octanol–water partition coefficient (Wildman–Crippen LogP) is 10.0. The standard InChI is InChI=1S/C40H25N5S/c1-2-9-35-29(7-1)32-20-25(10-12-36(32)44(35)27-11-13-38-33(21-27)30-14-17-43-24-39(30)46-38)19-26-5-3-8-31-34-23-42-18-15-37(34)45(40(26)31)28-6-4-16-41-22-28/h1-18,20-24H,19H2. The SMILES string of the molecule is c1cncc(-n2c3ccncc3c3cccc(Cc4ccc5c(c4)c4ccccc4n5-c4ccc5sc6cnccc6c5c4)c32)c1. The summed E-state index contributed by atoms with van der Waals surface area (Å²) in [5.41, 5.74) is 9.51. The van der Waals surface area contributed by atoms with Crippen LogP contribution in [0.1, 0.15) is 11.1 Å². The second-order valence-electron chi connectivity index (χ2n) is 11.8. The lowest BCUT2D eigenvalue weighted by molar-refractivity contribution is 1.11. The normalized spacial score (nSPS) is 12.0. The Balaban J connectivity index is 1.16. The van der Waals surface area contributed by atoms with Crippen molar-refractivity contribution >= 4 is 75.1 Å². The molecule has 0 spiro atoms. The predicted molar refractivity (Wildman–Crippen MR) is 191 cm³/mol. The molecule has 0 saturated carbocycles. The lowest BCUT2D eigenvalue weighted by Crippen LogP contribution is -1.98. The molecular weight excluding hydrogens is 583 g/mol. The highest BCUT2D eigenvalue weighted by molar-refractivity contribution is 7.25. The van der Waals surface area contributed by atoms with E-state index in [9.17, 15) is 0 Å². The second kappa shape index (κ2) is 9.83. The highest BCUT2D eigenvalue weighted by atomic mass is 32.1. The molecule has 0 saturated heterocycles. The quantitative estimate of drug-likeness (QED) is 0.200. The first kappa shape index (κ1) is 25.5. The van der Waals surface area contributed by atoms with E-state index >= 15 is 0 Å². The number of aromatic nitrogens is 5. The van der Waals surface area contributed by atoms with Gasteiger partial charge < -0.3 is 9.13 Å². The summed E-state index contributed by atoms with van der Waals surface area (Å²) in [4.78, 5) is 13.3. The minimum absolute atomic E-state index is 0.803. The third kappa shape index (κ3) is 3.71.